The molecule has 0 radical (unpaired) electrons. The van der Waals surface area contributed by atoms with Crippen LogP contribution in [0.1, 0.15) is 31.1 Å². The summed E-state index contributed by atoms with van der Waals surface area (Å²) in [5.41, 5.74) is 7.28. The van der Waals surface area contributed by atoms with Gasteiger partial charge in [0.05, 0.1) is 11.9 Å². The Bertz CT molecular complexity index is 576. The highest BCUT2D eigenvalue weighted by molar-refractivity contribution is 7.80. The summed E-state index contributed by atoms with van der Waals surface area (Å²) in [6, 6.07) is 1.80. The van der Waals surface area contributed by atoms with Gasteiger partial charge in [-0.2, -0.15) is 5.10 Å². The second kappa shape index (κ2) is 5.22. The molecular weight excluding hydrogens is 246 g/mol. The lowest BCUT2D eigenvalue weighted by atomic mass is 10.2. The van der Waals surface area contributed by atoms with Crippen LogP contribution in [0.25, 0.3) is 5.69 Å². The summed E-state index contributed by atoms with van der Waals surface area (Å²) in [6.45, 7) is 4.06. The van der Waals surface area contributed by atoms with Gasteiger partial charge in [-0.1, -0.05) is 26.1 Å². The highest BCUT2D eigenvalue weighted by atomic mass is 32.1. The summed E-state index contributed by atoms with van der Waals surface area (Å²) < 4.78 is 1.78. The Morgan fingerprint density at radius 1 is 1.39 bits per heavy atom. The van der Waals surface area contributed by atoms with E-state index >= 15 is 0 Å². The zero-order chi connectivity index (χ0) is 13.1. The van der Waals surface area contributed by atoms with Gasteiger partial charge >= 0.3 is 0 Å². The molecule has 0 saturated carbocycles. The second-order valence-electron chi connectivity index (χ2n) is 3.82. The minimum atomic E-state index is 0.336. The maximum absolute atomic E-state index is 5.72. The lowest BCUT2D eigenvalue weighted by Crippen LogP contribution is -2.15. The summed E-state index contributed by atoms with van der Waals surface area (Å²) in [5.74, 6) is 1.70. The van der Waals surface area contributed by atoms with Crippen LogP contribution in [0, 0.1) is 0 Å². The zero-order valence-corrected chi connectivity index (χ0v) is 11.2. The van der Waals surface area contributed by atoms with Crippen LogP contribution in [0.2, 0.25) is 0 Å². The Kier molecular flexibility index (Phi) is 3.66. The number of thiocarbonyl (C=S) groups is 1. The van der Waals surface area contributed by atoms with Crippen LogP contribution < -0.4 is 5.73 Å². The van der Waals surface area contributed by atoms with E-state index in [1.54, 1.807) is 23.1 Å². The molecule has 0 aliphatic carbocycles. The molecule has 0 aromatic carbocycles. The number of aromatic nitrogens is 4. The van der Waals surface area contributed by atoms with Crippen LogP contribution in [0.15, 0.2) is 18.5 Å². The van der Waals surface area contributed by atoms with E-state index in [0.29, 0.717) is 4.99 Å². The predicted octanol–water partition coefficient (Wildman–Crippen LogP) is 1.42. The number of hydrogen-bond acceptors (Lipinski definition) is 4. The van der Waals surface area contributed by atoms with Gasteiger partial charge in [0.25, 0.3) is 0 Å². The molecule has 0 saturated heterocycles. The van der Waals surface area contributed by atoms with Crippen LogP contribution in [0.3, 0.4) is 0 Å². The molecule has 0 amide bonds. The smallest absolute Gasteiger partial charge is 0.151 e. The Labute approximate surface area is 111 Å². The molecule has 2 N–H and O–H groups in total. The topological polar surface area (TPSA) is 69.6 Å². The molecule has 2 aromatic rings. The molecule has 2 rings (SSSR count). The van der Waals surface area contributed by atoms with Crippen molar-refractivity contribution in [3.8, 4) is 5.69 Å². The molecule has 18 heavy (non-hydrogen) atoms. The summed E-state index contributed by atoms with van der Waals surface area (Å²) >= 11 is 5.05. The molecule has 0 bridgehead atoms. The average molecular weight is 261 g/mol. The van der Waals surface area contributed by atoms with Crippen molar-refractivity contribution in [2.24, 2.45) is 5.73 Å². The Hall–Kier alpha value is -1.82. The maximum Gasteiger partial charge on any atom is 0.151 e. The minimum absolute atomic E-state index is 0.336. The first-order valence-corrected chi connectivity index (χ1v) is 6.27. The van der Waals surface area contributed by atoms with Gasteiger partial charge in [0.1, 0.15) is 10.8 Å². The molecule has 6 heteroatoms. The average Bonchev–Trinajstić information content (AvgIpc) is 2.81. The Balaban J connectivity index is 2.61. The van der Waals surface area contributed by atoms with Crippen molar-refractivity contribution < 1.29 is 0 Å². The van der Waals surface area contributed by atoms with Crippen molar-refractivity contribution in [2.45, 2.75) is 26.7 Å². The van der Waals surface area contributed by atoms with Crippen molar-refractivity contribution in [3.05, 3.63) is 35.7 Å². The molecule has 0 unspecified atom stereocenters. The van der Waals surface area contributed by atoms with Gasteiger partial charge in [-0.05, 0) is 6.07 Å². The van der Waals surface area contributed by atoms with Gasteiger partial charge in [-0.25, -0.2) is 9.67 Å². The third kappa shape index (κ3) is 2.24. The lowest BCUT2D eigenvalue weighted by Gasteiger charge is -2.08. The molecule has 5 nitrogen and oxygen atoms in total. The largest absolute Gasteiger partial charge is 0.389 e. The summed E-state index contributed by atoms with van der Waals surface area (Å²) in [6.07, 6.45) is 4.96. The standard InChI is InChI=1S/C12H15N5S/c1-3-10-15-11(4-2)17(16-10)9-7-14-6-5-8(9)12(13)18/h5-7H,3-4H2,1-2H3,(H2,13,18). The van der Waals surface area contributed by atoms with Crippen molar-refractivity contribution in [1.82, 2.24) is 19.7 Å². The van der Waals surface area contributed by atoms with Crippen LogP contribution in [0.4, 0.5) is 0 Å². The second-order valence-corrected chi connectivity index (χ2v) is 4.26. The number of rotatable bonds is 4. The summed E-state index contributed by atoms with van der Waals surface area (Å²) in [4.78, 5) is 8.91. The molecule has 2 heterocycles. The molecule has 94 valence electrons. The monoisotopic (exact) mass is 261 g/mol. The first kappa shape index (κ1) is 12.6. The van der Waals surface area contributed by atoms with Crippen molar-refractivity contribution in [1.29, 1.82) is 0 Å². The maximum atomic E-state index is 5.72. The van der Waals surface area contributed by atoms with E-state index in [2.05, 4.69) is 15.1 Å². The van der Waals surface area contributed by atoms with Gasteiger partial charge in [-0.3, -0.25) is 4.98 Å². The van der Waals surface area contributed by atoms with Crippen LogP contribution in [-0.2, 0) is 12.8 Å². The molecule has 0 atom stereocenters. The van der Waals surface area contributed by atoms with Gasteiger partial charge < -0.3 is 5.73 Å². The number of aryl methyl sites for hydroxylation is 2. The summed E-state index contributed by atoms with van der Waals surface area (Å²) in [5, 5.41) is 4.46. The van der Waals surface area contributed by atoms with E-state index in [9.17, 15) is 0 Å². The molecule has 0 aliphatic heterocycles. The van der Waals surface area contributed by atoms with Gasteiger partial charge in [-0.15, -0.1) is 0 Å². The number of pyridine rings is 1. The van der Waals surface area contributed by atoms with Crippen LogP contribution >= 0.6 is 12.2 Å². The highest BCUT2D eigenvalue weighted by Crippen LogP contribution is 2.15. The third-order valence-electron chi connectivity index (χ3n) is 2.64. The van der Waals surface area contributed by atoms with Crippen molar-refractivity contribution in [2.75, 3.05) is 0 Å². The molecule has 2 aromatic heterocycles. The van der Waals surface area contributed by atoms with E-state index in [-0.39, 0.29) is 0 Å². The van der Waals surface area contributed by atoms with E-state index in [0.717, 1.165) is 35.7 Å². The highest BCUT2D eigenvalue weighted by Gasteiger charge is 2.13. The molecule has 0 aliphatic rings. The lowest BCUT2D eigenvalue weighted by molar-refractivity contribution is 0.786. The Morgan fingerprint density at radius 2 is 2.17 bits per heavy atom. The van der Waals surface area contributed by atoms with E-state index in [4.69, 9.17) is 18.0 Å². The Morgan fingerprint density at radius 3 is 2.78 bits per heavy atom. The number of nitrogens with two attached hydrogens (primary N) is 1. The quantitative estimate of drug-likeness (QED) is 0.843. The van der Waals surface area contributed by atoms with Crippen LogP contribution in [-0.4, -0.2) is 24.7 Å². The van der Waals surface area contributed by atoms with E-state index in [1.807, 2.05) is 13.8 Å². The number of nitrogens with zero attached hydrogens (tertiary/aromatic N) is 4. The predicted molar refractivity (Wildman–Crippen MR) is 73.8 cm³/mol. The normalized spacial score (nSPS) is 10.6. The van der Waals surface area contributed by atoms with Crippen molar-refractivity contribution >= 4 is 17.2 Å². The summed E-state index contributed by atoms with van der Waals surface area (Å²) in [7, 11) is 0. The van der Waals surface area contributed by atoms with E-state index < -0.39 is 0 Å². The SMILES string of the molecule is CCc1nc(CC)n(-c2cnccc2C(N)=S)n1. The minimum Gasteiger partial charge on any atom is -0.389 e. The van der Waals surface area contributed by atoms with Gasteiger partial charge in [0, 0.05) is 24.6 Å². The van der Waals surface area contributed by atoms with Gasteiger partial charge in [0.15, 0.2) is 5.82 Å². The zero-order valence-electron chi connectivity index (χ0n) is 10.4. The molecule has 0 spiro atoms. The van der Waals surface area contributed by atoms with E-state index in [1.165, 1.54) is 0 Å². The molecular formula is C12H15N5S. The van der Waals surface area contributed by atoms with Gasteiger partial charge in [0.2, 0.25) is 0 Å². The fraction of sp³-hybridized carbons (Fsp3) is 0.333. The first-order valence-electron chi connectivity index (χ1n) is 5.86. The van der Waals surface area contributed by atoms with Crippen LogP contribution in [0.5, 0.6) is 0 Å². The fourth-order valence-corrected chi connectivity index (χ4v) is 1.90. The molecule has 0 fully saturated rings. The third-order valence-corrected chi connectivity index (χ3v) is 2.86. The van der Waals surface area contributed by atoms with Crippen molar-refractivity contribution in [3.63, 3.8) is 0 Å². The first-order chi connectivity index (χ1) is 8.67. The fourth-order valence-electron chi connectivity index (χ4n) is 1.73. The number of hydrogen-bond donors (Lipinski definition) is 1.